The number of ether oxygens (including phenoxy) is 8. The number of rotatable bonds is 11. The summed E-state index contributed by atoms with van der Waals surface area (Å²) >= 11 is 0. The van der Waals surface area contributed by atoms with Crippen LogP contribution in [0.3, 0.4) is 0 Å². The quantitative estimate of drug-likeness (QED) is 0.163. The van der Waals surface area contributed by atoms with Crippen LogP contribution in [0.4, 0.5) is 0 Å². The second kappa shape index (κ2) is 14.1. The smallest absolute Gasteiger partial charge is 0.204 e. The summed E-state index contributed by atoms with van der Waals surface area (Å²) in [6.45, 7) is 1.87. The third-order valence-electron chi connectivity index (χ3n) is 10.9. The van der Waals surface area contributed by atoms with Gasteiger partial charge in [-0.25, -0.2) is 0 Å². The second-order valence-electron chi connectivity index (χ2n) is 13.4. The first kappa shape index (κ1) is 34.6. The number of methoxy groups -OCH3 is 7. The summed E-state index contributed by atoms with van der Waals surface area (Å²) < 4.78 is 48.1. The highest BCUT2D eigenvalue weighted by Gasteiger charge is 2.37. The van der Waals surface area contributed by atoms with E-state index in [0.29, 0.717) is 40.9 Å². The largest absolute Gasteiger partial charge is 0.493 e. The van der Waals surface area contributed by atoms with Crippen LogP contribution in [-0.4, -0.2) is 86.8 Å². The number of likely N-dealkylation sites (N-methyl/N-ethyl adjacent to an activating group) is 2. The predicted octanol–water partition coefficient (Wildman–Crippen LogP) is 7.06. The lowest BCUT2D eigenvalue weighted by Gasteiger charge is -2.40. The number of hydrogen-bond donors (Lipinski definition) is 0. The molecule has 270 valence electrons. The number of benzene rings is 4. The van der Waals surface area contributed by atoms with Crippen molar-refractivity contribution in [2.45, 2.75) is 37.8 Å². The number of fused-ring (bicyclic) bond motifs is 3. The van der Waals surface area contributed by atoms with Gasteiger partial charge in [0.1, 0.15) is 0 Å². The SMILES string of the molecule is COc1cc2c(cc1OC)[C@H](Cc1ccc(OC)c(OC)c1Oc1cc3c(cc1OC)-c1c(OC)c(OC)cc4c1[C@H](C3)N(C)CC4)N(C)CC2. The van der Waals surface area contributed by atoms with Crippen molar-refractivity contribution in [3.63, 3.8) is 0 Å². The van der Waals surface area contributed by atoms with Gasteiger partial charge in [-0.05, 0) is 110 Å². The first-order valence-corrected chi connectivity index (χ1v) is 17.3. The van der Waals surface area contributed by atoms with Crippen molar-refractivity contribution in [2.75, 3.05) is 77.0 Å². The Hall–Kier alpha value is -4.80. The first-order chi connectivity index (χ1) is 24.8. The van der Waals surface area contributed by atoms with Crippen molar-refractivity contribution < 1.29 is 37.9 Å². The summed E-state index contributed by atoms with van der Waals surface area (Å²) in [4.78, 5) is 4.81. The minimum absolute atomic E-state index is 0.0504. The molecule has 0 bridgehead atoms. The summed E-state index contributed by atoms with van der Waals surface area (Å²) in [7, 11) is 16.1. The molecule has 10 nitrogen and oxygen atoms in total. The molecule has 0 radical (unpaired) electrons. The van der Waals surface area contributed by atoms with Crippen molar-refractivity contribution >= 4 is 0 Å². The van der Waals surface area contributed by atoms with Crippen LogP contribution >= 0.6 is 0 Å². The molecule has 0 fully saturated rings. The van der Waals surface area contributed by atoms with Crippen molar-refractivity contribution in [3.05, 3.63) is 75.8 Å². The Morgan fingerprint density at radius 2 is 1.18 bits per heavy atom. The lowest BCUT2D eigenvalue weighted by atomic mass is 9.76. The van der Waals surface area contributed by atoms with Gasteiger partial charge in [0.2, 0.25) is 5.75 Å². The van der Waals surface area contributed by atoms with Crippen molar-refractivity contribution in [1.82, 2.24) is 9.80 Å². The van der Waals surface area contributed by atoms with E-state index in [1.54, 1.807) is 49.8 Å². The van der Waals surface area contributed by atoms with Gasteiger partial charge in [0.05, 0.1) is 49.8 Å². The maximum Gasteiger partial charge on any atom is 0.204 e. The Labute approximate surface area is 300 Å². The molecule has 2 aliphatic heterocycles. The highest BCUT2D eigenvalue weighted by atomic mass is 16.5. The molecule has 4 aromatic rings. The van der Waals surface area contributed by atoms with E-state index < -0.39 is 0 Å². The summed E-state index contributed by atoms with van der Waals surface area (Å²) in [5.41, 5.74) is 9.27. The van der Waals surface area contributed by atoms with Gasteiger partial charge in [-0.15, -0.1) is 0 Å². The zero-order valence-corrected chi connectivity index (χ0v) is 31.1. The van der Waals surface area contributed by atoms with Gasteiger partial charge in [0, 0.05) is 36.3 Å². The van der Waals surface area contributed by atoms with Crippen LogP contribution in [0, 0.1) is 0 Å². The van der Waals surface area contributed by atoms with Crippen LogP contribution in [0.15, 0.2) is 42.5 Å². The molecule has 0 aromatic heterocycles. The second-order valence-corrected chi connectivity index (χ2v) is 13.4. The van der Waals surface area contributed by atoms with E-state index in [1.165, 1.54) is 22.3 Å². The third kappa shape index (κ3) is 5.84. The van der Waals surface area contributed by atoms with Crippen molar-refractivity contribution in [1.29, 1.82) is 0 Å². The van der Waals surface area contributed by atoms with E-state index >= 15 is 0 Å². The molecule has 0 amide bonds. The van der Waals surface area contributed by atoms with Gasteiger partial charge >= 0.3 is 0 Å². The molecule has 0 N–H and O–H groups in total. The van der Waals surface area contributed by atoms with Gasteiger partial charge < -0.3 is 37.9 Å². The van der Waals surface area contributed by atoms with Gasteiger partial charge in [-0.3, -0.25) is 9.80 Å². The molecule has 3 aliphatic rings. The van der Waals surface area contributed by atoms with Crippen molar-refractivity contribution in [3.8, 4) is 62.9 Å². The van der Waals surface area contributed by atoms with E-state index in [1.807, 2.05) is 6.07 Å². The molecule has 7 rings (SSSR count). The lowest BCUT2D eigenvalue weighted by Crippen LogP contribution is -2.35. The Kier molecular flexibility index (Phi) is 9.56. The van der Waals surface area contributed by atoms with E-state index in [9.17, 15) is 0 Å². The fourth-order valence-electron chi connectivity index (χ4n) is 8.25. The molecular formula is C41H48N2O8. The molecular weight excluding hydrogens is 648 g/mol. The molecule has 0 saturated heterocycles. The molecule has 0 spiro atoms. The molecule has 2 atom stereocenters. The van der Waals surface area contributed by atoms with Crippen molar-refractivity contribution in [2.24, 2.45) is 0 Å². The summed E-state index contributed by atoms with van der Waals surface area (Å²) in [6.07, 6.45) is 3.34. The third-order valence-corrected chi connectivity index (χ3v) is 10.9. The highest BCUT2D eigenvalue weighted by Crippen LogP contribution is 2.55. The number of nitrogens with zero attached hydrogens (tertiary/aromatic N) is 2. The Morgan fingerprint density at radius 3 is 1.86 bits per heavy atom. The van der Waals surface area contributed by atoms with E-state index in [4.69, 9.17) is 37.9 Å². The van der Waals surface area contributed by atoms with Crippen LogP contribution in [0.5, 0.6) is 51.7 Å². The number of hydrogen-bond acceptors (Lipinski definition) is 10. The van der Waals surface area contributed by atoms with Crippen LogP contribution in [0.25, 0.3) is 11.1 Å². The Morgan fingerprint density at radius 1 is 0.569 bits per heavy atom. The minimum atomic E-state index is 0.0504. The fraction of sp³-hybridized carbons (Fsp3) is 0.415. The predicted molar refractivity (Wildman–Crippen MR) is 196 cm³/mol. The lowest BCUT2D eigenvalue weighted by molar-refractivity contribution is 0.225. The summed E-state index contributed by atoms with van der Waals surface area (Å²) in [5, 5.41) is 0. The van der Waals surface area contributed by atoms with Gasteiger partial charge in [0.15, 0.2) is 46.0 Å². The molecule has 0 unspecified atom stereocenters. The zero-order chi connectivity index (χ0) is 36.0. The average Bonchev–Trinajstić information content (AvgIpc) is 3.16. The molecule has 1 aliphatic carbocycles. The van der Waals surface area contributed by atoms with Gasteiger partial charge in [-0.2, -0.15) is 0 Å². The van der Waals surface area contributed by atoms with Crippen LogP contribution in [0.2, 0.25) is 0 Å². The highest BCUT2D eigenvalue weighted by molar-refractivity contribution is 5.85. The minimum Gasteiger partial charge on any atom is -0.493 e. The standard InChI is InChI=1S/C41H48N2O8/c1-42-14-12-23-18-32(45-4)33(46-5)21-27(23)29(42)16-25-10-11-31(44-3)41(50-9)39(25)51-35-20-26-17-30-37-24(13-15-43(30)2)19-36(48-7)40(49-8)38(37)28(26)22-34(35)47-6/h10-11,18-22,29-30H,12-17H2,1-9H3/t29-,30-/m0/s1. The van der Waals surface area contributed by atoms with Gasteiger partial charge in [-0.1, -0.05) is 6.07 Å². The zero-order valence-electron chi connectivity index (χ0n) is 31.1. The van der Waals surface area contributed by atoms with E-state index in [-0.39, 0.29) is 12.1 Å². The Bertz CT molecular complexity index is 1960. The maximum absolute atomic E-state index is 6.97. The topological polar surface area (TPSA) is 80.3 Å². The molecule has 2 heterocycles. The first-order valence-electron chi connectivity index (χ1n) is 17.3. The van der Waals surface area contributed by atoms with E-state index in [2.05, 4.69) is 60.3 Å². The average molecular weight is 697 g/mol. The molecule has 10 heteroatoms. The van der Waals surface area contributed by atoms with Crippen LogP contribution in [-0.2, 0) is 25.7 Å². The molecule has 4 aromatic carbocycles. The normalized spacial score (nSPS) is 17.8. The summed E-state index contributed by atoms with van der Waals surface area (Å²) in [5.74, 6) is 5.81. The van der Waals surface area contributed by atoms with E-state index in [0.717, 1.165) is 71.9 Å². The van der Waals surface area contributed by atoms with Gasteiger partial charge in [0.25, 0.3) is 0 Å². The molecule has 0 saturated carbocycles. The summed E-state index contributed by atoms with van der Waals surface area (Å²) in [6, 6.07) is 14.8. The Balaban J connectivity index is 1.35. The van der Waals surface area contributed by atoms with Crippen LogP contribution < -0.4 is 37.9 Å². The van der Waals surface area contributed by atoms with Crippen LogP contribution in [0.1, 0.15) is 45.5 Å². The monoisotopic (exact) mass is 696 g/mol. The maximum atomic E-state index is 6.97. The fourth-order valence-corrected chi connectivity index (χ4v) is 8.25. The molecule has 51 heavy (non-hydrogen) atoms.